The molecule has 22 heavy (non-hydrogen) atoms. The monoisotopic (exact) mass is 310 g/mol. The lowest BCUT2D eigenvalue weighted by Gasteiger charge is -2.05. The summed E-state index contributed by atoms with van der Waals surface area (Å²) >= 11 is 1.45. The number of aryl methyl sites for hydroxylation is 3. The summed E-state index contributed by atoms with van der Waals surface area (Å²) in [5.74, 6) is 0.533. The maximum atomic E-state index is 12.4. The van der Waals surface area contributed by atoms with E-state index in [2.05, 4.69) is 23.0 Å². The van der Waals surface area contributed by atoms with Crippen molar-refractivity contribution in [1.82, 2.24) is 9.97 Å². The predicted octanol–water partition coefficient (Wildman–Crippen LogP) is 4.46. The van der Waals surface area contributed by atoms with Gasteiger partial charge in [0.1, 0.15) is 0 Å². The van der Waals surface area contributed by atoms with Gasteiger partial charge in [-0.15, -0.1) is 0 Å². The molecule has 3 aromatic rings. The molecular formula is C18H18N2OS. The van der Waals surface area contributed by atoms with Crippen molar-refractivity contribution in [2.75, 3.05) is 5.75 Å². The molecule has 0 amide bonds. The number of Topliss-reactive ketones (excluding diaryl/α,β-unsaturated/α-hetero) is 1. The summed E-state index contributed by atoms with van der Waals surface area (Å²) in [5.41, 5.74) is 6.09. The van der Waals surface area contributed by atoms with E-state index in [0.29, 0.717) is 5.75 Å². The van der Waals surface area contributed by atoms with Gasteiger partial charge in [0.15, 0.2) is 10.9 Å². The van der Waals surface area contributed by atoms with Gasteiger partial charge in [-0.25, -0.2) is 4.98 Å². The maximum Gasteiger partial charge on any atom is 0.173 e. The van der Waals surface area contributed by atoms with Crippen molar-refractivity contribution in [2.45, 2.75) is 25.9 Å². The summed E-state index contributed by atoms with van der Waals surface area (Å²) in [7, 11) is 0. The van der Waals surface area contributed by atoms with Crippen LogP contribution in [0.5, 0.6) is 0 Å². The Morgan fingerprint density at radius 2 is 1.82 bits per heavy atom. The quantitative estimate of drug-likeness (QED) is 0.571. The zero-order valence-corrected chi connectivity index (χ0v) is 13.8. The zero-order chi connectivity index (χ0) is 15.7. The smallest absolute Gasteiger partial charge is 0.173 e. The largest absolute Gasteiger partial charge is 0.333 e. The highest BCUT2D eigenvalue weighted by Gasteiger charge is 2.11. The van der Waals surface area contributed by atoms with E-state index in [1.807, 2.05) is 44.2 Å². The number of fused-ring (bicyclic) bond motifs is 1. The van der Waals surface area contributed by atoms with Gasteiger partial charge >= 0.3 is 0 Å². The van der Waals surface area contributed by atoms with Crippen molar-refractivity contribution in [2.24, 2.45) is 0 Å². The number of ketones is 1. The molecule has 0 radical (unpaired) electrons. The topological polar surface area (TPSA) is 45.8 Å². The number of H-pyrrole nitrogens is 1. The molecule has 0 aliphatic rings. The Kier molecular flexibility index (Phi) is 4.03. The number of aromatic amines is 1. The molecule has 0 bridgehead atoms. The van der Waals surface area contributed by atoms with Crippen molar-refractivity contribution >= 4 is 28.6 Å². The van der Waals surface area contributed by atoms with E-state index in [0.717, 1.165) is 32.9 Å². The maximum absolute atomic E-state index is 12.4. The van der Waals surface area contributed by atoms with Gasteiger partial charge in [0.05, 0.1) is 16.8 Å². The standard InChI is InChI=1S/C18H18N2OS/c1-11-4-6-13(3)14(8-11)17(21)10-22-18-19-15-7-5-12(2)9-16(15)20-18/h4-9H,10H2,1-3H3,(H,19,20). The van der Waals surface area contributed by atoms with Crippen LogP contribution in [-0.2, 0) is 0 Å². The van der Waals surface area contributed by atoms with Gasteiger partial charge in [0, 0.05) is 5.56 Å². The minimum absolute atomic E-state index is 0.142. The number of thioether (sulfide) groups is 1. The fraction of sp³-hybridized carbons (Fsp3) is 0.222. The molecule has 0 aliphatic carbocycles. The number of hydrogen-bond donors (Lipinski definition) is 1. The lowest BCUT2D eigenvalue weighted by molar-refractivity contribution is 0.102. The van der Waals surface area contributed by atoms with Crippen LogP contribution in [0.3, 0.4) is 0 Å². The highest BCUT2D eigenvalue weighted by Crippen LogP contribution is 2.22. The van der Waals surface area contributed by atoms with Crippen molar-refractivity contribution in [3.63, 3.8) is 0 Å². The highest BCUT2D eigenvalue weighted by atomic mass is 32.2. The molecule has 112 valence electrons. The van der Waals surface area contributed by atoms with Crippen LogP contribution in [0.1, 0.15) is 27.0 Å². The van der Waals surface area contributed by atoms with Crippen LogP contribution < -0.4 is 0 Å². The van der Waals surface area contributed by atoms with E-state index in [1.165, 1.54) is 17.3 Å². The van der Waals surface area contributed by atoms with Gasteiger partial charge in [0.25, 0.3) is 0 Å². The first kappa shape index (κ1) is 14.9. The van der Waals surface area contributed by atoms with Gasteiger partial charge in [-0.3, -0.25) is 4.79 Å². The number of rotatable bonds is 4. The van der Waals surface area contributed by atoms with E-state index in [4.69, 9.17) is 0 Å². The molecule has 3 nitrogen and oxygen atoms in total. The van der Waals surface area contributed by atoms with Gasteiger partial charge in [-0.05, 0) is 50.1 Å². The van der Waals surface area contributed by atoms with Crippen LogP contribution in [0, 0.1) is 20.8 Å². The molecule has 3 rings (SSSR count). The van der Waals surface area contributed by atoms with Crippen molar-refractivity contribution in [1.29, 1.82) is 0 Å². The van der Waals surface area contributed by atoms with Gasteiger partial charge in [-0.1, -0.05) is 35.5 Å². The summed E-state index contributed by atoms with van der Waals surface area (Å²) in [6.45, 7) is 6.03. The molecule has 0 fully saturated rings. The number of carbonyl (C=O) groups excluding carboxylic acids is 1. The number of nitrogens with zero attached hydrogens (tertiary/aromatic N) is 1. The first-order valence-electron chi connectivity index (χ1n) is 7.22. The number of nitrogens with one attached hydrogen (secondary N) is 1. The minimum Gasteiger partial charge on any atom is -0.333 e. The Bertz CT molecular complexity index is 851. The molecule has 4 heteroatoms. The Morgan fingerprint density at radius 1 is 1.09 bits per heavy atom. The third-order valence-electron chi connectivity index (χ3n) is 3.65. The second-order valence-corrected chi connectivity index (χ2v) is 6.56. The second-order valence-electron chi connectivity index (χ2n) is 5.59. The van der Waals surface area contributed by atoms with E-state index in [-0.39, 0.29) is 5.78 Å². The van der Waals surface area contributed by atoms with E-state index < -0.39 is 0 Å². The second kappa shape index (κ2) is 5.97. The summed E-state index contributed by atoms with van der Waals surface area (Å²) in [5, 5.41) is 0.791. The number of imidazole rings is 1. The van der Waals surface area contributed by atoms with Gasteiger partial charge in [-0.2, -0.15) is 0 Å². The van der Waals surface area contributed by atoms with Crippen LogP contribution in [0.2, 0.25) is 0 Å². The van der Waals surface area contributed by atoms with Crippen LogP contribution in [0.15, 0.2) is 41.6 Å². The molecule has 0 saturated carbocycles. The van der Waals surface area contributed by atoms with Crippen LogP contribution in [0.4, 0.5) is 0 Å². The fourth-order valence-electron chi connectivity index (χ4n) is 2.42. The molecule has 0 atom stereocenters. The SMILES string of the molecule is Cc1ccc(C)c(C(=O)CSc2nc3ccc(C)cc3[nH]2)c1. The molecule has 1 N–H and O–H groups in total. The fourth-order valence-corrected chi connectivity index (χ4v) is 3.18. The summed E-state index contributed by atoms with van der Waals surface area (Å²) in [6, 6.07) is 12.1. The number of carbonyl (C=O) groups is 1. The van der Waals surface area contributed by atoms with Crippen LogP contribution in [-0.4, -0.2) is 21.5 Å². The first-order chi connectivity index (χ1) is 10.5. The molecule has 0 aliphatic heterocycles. The summed E-state index contributed by atoms with van der Waals surface area (Å²) < 4.78 is 0. The minimum atomic E-state index is 0.142. The predicted molar refractivity (Wildman–Crippen MR) is 91.8 cm³/mol. The third kappa shape index (κ3) is 3.07. The van der Waals surface area contributed by atoms with Crippen LogP contribution >= 0.6 is 11.8 Å². The number of hydrogen-bond acceptors (Lipinski definition) is 3. The van der Waals surface area contributed by atoms with E-state index in [9.17, 15) is 4.79 Å². The van der Waals surface area contributed by atoms with Crippen LogP contribution in [0.25, 0.3) is 11.0 Å². The molecule has 2 aromatic carbocycles. The number of benzene rings is 2. The highest BCUT2D eigenvalue weighted by molar-refractivity contribution is 7.99. The Labute approximate surface area is 134 Å². The normalized spacial score (nSPS) is 11.0. The summed E-state index contributed by atoms with van der Waals surface area (Å²) in [6.07, 6.45) is 0. The zero-order valence-electron chi connectivity index (χ0n) is 12.9. The van der Waals surface area contributed by atoms with E-state index in [1.54, 1.807) is 0 Å². The molecular weight excluding hydrogens is 292 g/mol. The first-order valence-corrected chi connectivity index (χ1v) is 8.21. The molecule has 0 spiro atoms. The lowest BCUT2D eigenvalue weighted by atomic mass is 10.0. The Hall–Kier alpha value is -2.07. The molecule has 0 saturated heterocycles. The Balaban J connectivity index is 1.75. The van der Waals surface area contributed by atoms with Gasteiger partial charge < -0.3 is 4.98 Å². The summed E-state index contributed by atoms with van der Waals surface area (Å²) in [4.78, 5) is 20.2. The molecule has 1 heterocycles. The van der Waals surface area contributed by atoms with Crippen molar-refractivity contribution in [3.05, 3.63) is 58.7 Å². The average molecular weight is 310 g/mol. The average Bonchev–Trinajstić information content (AvgIpc) is 2.89. The van der Waals surface area contributed by atoms with Gasteiger partial charge in [0.2, 0.25) is 0 Å². The lowest BCUT2D eigenvalue weighted by Crippen LogP contribution is -2.05. The third-order valence-corrected chi connectivity index (χ3v) is 4.52. The van der Waals surface area contributed by atoms with E-state index >= 15 is 0 Å². The van der Waals surface area contributed by atoms with Crippen molar-refractivity contribution in [3.8, 4) is 0 Å². The Morgan fingerprint density at radius 3 is 2.64 bits per heavy atom. The van der Waals surface area contributed by atoms with Crippen molar-refractivity contribution < 1.29 is 4.79 Å². The number of aromatic nitrogens is 2. The molecule has 1 aromatic heterocycles. The molecule has 0 unspecified atom stereocenters.